The van der Waals surface area contributed by atoms with Gasteiger partial charge in [0.25, 0.3) is 0 Å². The van der Waals surface area contributed by atoms with E-state index in [1.807, 2.05) is 6.08 Å². The van der Waals surface area contributed by atoms with Crippen LogP contribution < -0.4 is 0 Å². The molecule has 0 N–H and O–H groups in total. The molecule has 2 aliphatic carbocycles. The van der Waals surface area contributed by atoms with Gasteiger partial charge < -0.3 is 0 Å². The molecule has 12 rings (SSSR count). The van der Waals surface area contributed by atoms with Crippen LogP contribution in [0.1, 0.15) is 18.1 Å². The van der Waals surface area contributed by atoms with Gasteiger partial charge in [-0.15, -0.1) is 0 Å². The molecule has 0 saturated heterocycles. The van der Waals surface area contributed by atoms with Crippen molar-refractivity contribution in [3.8, 4) is 55.6 Å². The van der Waals surface area contributed by atoms with E-state index in [9.17, 15) is 0 Å². The first kappa shape index (κ1) is 32.0. The van der Waals surface area contributed by atoms with Gasteiger partial charge in [-0.2, -0.15) is 0 Å². The maximum absolute atomic E-state index is 3.99. The van der Waals surface area contributed by atoms with Gasteiger partial charge in [0.1, 0.15) is 0 Å². The van der Waals surface area contributed by atoms with Crippen LogP contribution in [-0.4, -0.2) is 0 Å². The predicted molar refractivity (Wildman–Crippen MR) is 247 cm³/mol. The van der Waals surface area contributed by atoms with Gasteiger partial charge in [-0.25, -0.2) is 0 Å². The van der Waals surface area contributed by atoms with Gasteiger partial charge in [0.15, 0.2) is 0 Å². The molecule has 10 aromatic carbocycles. The average Bonchev–Trinajstić information content (AvgIpc) is 3.74. The topological polar surface area (TPSA) is 0 Å². The maximum atomic E-state index is 3.99. The normalized spacial score (nSPS) is 12.9. The van der Waals surface area contributed by atoms with E-state index in [1.54, 1.807) is 0 Å². The highest BCUT2D eigenvalue weighted by molar-refractivity contribution is 6.32. The van der Waals surface area contributed by atoms with Crippen LogP contribution in [0.3, 0.4) is 0 Å². The second-order valence-corrected chi connectivity index (χ2v) is 15.5. The van der Waals surface area contributed by atoms with Gasteiger partial charge in [0, 0.05) is 0 Å². The Bertz CT molecular complexity index is 3450. The van der Waals surface area contributed by atoms with Gasteiger partial charge in [-0.3, -0.25) is 0 Å². The maximum Gasteiger partial charge on any atom is -0.000719 e. The van der Waals surface area contributed by atoms with E-state index in [-0.39, 0.29) is 0 Å². The second-order valence-electron chi connectivity index (χ2n) is 15.5. The Morgan fingerprint density at radius 1 is 0.368 bits per heavy atom. The molecule has 0 saturated carbocycles. The molecule has 0 fully saturated rings. The highest BCUT2D eigenvalue weighted by Crippen LogP contribution is 2.59. The lowest BCUT2D eigenvalue weighted by Gasteiger charge is -2.22. The van der Waals surface area contributed by atoms with E-state index in [2.05, 4.69) is 196 Å². The fraction of sp³-hybridized carbons (Fsp3) is 0.0175. The van der Waals surface area contributed by atoms with Crippen molar-refractivity contribution >= 4 is 65.0 Å². The fourth-order valence-electron chi connectivity index (χ4n) is 10.4. The summed E-state index contributed by atoms with van der Waals surface area (Å²) >= 11 is 0. The molecule has 0 heterocycles. The highest BCUT2D eigenvalue weighted by Gasteiger charge is 2.32. The van der Waals surface area contributed by atoms with Crippen molar-refractivity contribution in [2.24, 2.45) is 0 Å². The Kier molecular flexibility index (Phi) is 6.80. The Morgan fingerprint density at radius 2 is 0.947 bits per heavy atom. The summed E-state index contributed by atoms with van der Waals surface area (Å²) in [6.45, 7) is 6.25. The van der Waals surface area contributed by atoms with E-state index in [1.165, 1.54) is 132 Å². The third-order valence-electron chi connectivity index (χ3n) is 12.7. The smallest absolute Gasteiger partial charge is 0.000719 e. The Balaban J connectivity index is 1.26. The second kappa shape index (κ2) is 12.1. The van der Waals surface area contributed by atoms with Crippen molar-refractivity contribution in [3.05, 3.63) is 206 Å². The van der Waals surface area contributed by atoms with E-state index in [0.717, 1.165) is 0 Å². The summed E-state index contributed by atoms with van der Waals surface area (Å²) in [5.74, 6) is 0. The molecule has 0 nitrogen and oxygen atoms in total. The lowest BCUT2D eigenvalue weighted by Crippen LogP contribution is -1.95. The molecular weight excluding hydrogens is 685 g/mol. The van der Waals surface area contributed by atoms with Crippen molar-refractivity contribution in [1.29, 1.82) is 0 Å². The van der Waals surface area contributed by atoms with E-state index in [4.69, 9.17) is 0 Å². The Morgan fingerprint density at radius 3 is 1.68 bits per heavy atom. The minimum absolute atomic E-state index is 1.23. The van der Waals surface area contributed by atoms with Gasteiger partial charge in [0.2, 0.25) is 0 Å². The first-order chi connectivity index (χ1) is 28.2. The number of rotatable bonds is 5. The lowest BCUT2D eigenvalue weighted by atomic mass is 9.81. The van der Waals surface area contributed by atoms with E-state index < -0.39 is 0 Å². The molecule has 2 aliphatic rings. The molecule has 264 valence electrons. The van der Waals surface area contributed by atoms with Crippen LogP contribution in [0.4, 0.5) is 0 Å². The number of fused-ring (bicyclic) bond motifs is 8. The van der Waals surface area contributed by atoms with Gasteiger partial charge in [0.05, 0.1) is 0 Å². The summed E-state index contributed by atoms with van der Waals surface area (Å²) in [6, 6.07) is 63.6. The summed E-state index contributed by atoms with van der Waals surface area (Å²) in [5.41, 5.74) is 18.1. The predicted octanol–water partition coefficient (Wildman–Crippen LogP) is 16.1. The van der Waals surface area contributed by atoms with E-state index >= 15 is 0 Å². The van der Waals surface area contributed by atoms with Crippen LogP contribution in [-0.2, 0) is 0 Å². The molecule has 0 radical (unpaired) electrons. The van der Waals surface area contributed by atoms with Crippen LogP contribution in [0, 0.1) is 0 Å². The summed E-state index contributed by atoms with van der Waals surface area (Å²) in [7, 11) is 0. The quantitative estimate of drug-likeness (QED) is 0.0943. The zero-order valence-corrected chi connectivity index (χ0v) is 31.6. The van der Waals surface area contributed by atoms with Crippen molar-refractivity contribution in [2.45, 2.75) is 6.92 Å². The molecule has 0 atom stereocenters. The molecule has 0 spiro atoms. The van der Waals surface area contributed by atoms with Crippen LogP contribution in [0.5, 0.6) is 0 Å². The zero-order chi connectivity index (χ0) is 37.8. The van der Waals surface area contributed by atoms with Crippen molar-refractivity contribution in [2.75, 3.05) is 0 Å². The molecule has 57 heavy (non-hydrogen) atoms. The summed E-state index contributed by atoms with van der Waals surface area (Å²) in [5, 5.41) is 12.9. The van der Waals surface area contributed by atoms with Crippen LogP contribution >= 0.6 is 0 Å². The molecule has 10 aromatic rings. The van der Waals surface area contributed by atoms with Crippen molar-refractivity contribution in [3.63, 3.8) is 0 Å². The summed E-state index contributed by atoms with van der Waals surface area (Å²) in [4.78, 5) is 0. The standard InChI is InChI=1S/C57H36/c1-3-4-22-39-34(2)40-26-15-28-46-50(43-24-13-14-25-44(43)54(39)55(40)46)38-30-31-45-48(33-38)52(36-19-9-6-10-20-36)57-49-32-37-21-11-12-23-41(37)42-27-16-29-47(53(42)49)56(57)51(45)35-17-7-5-8-18-35/h3-33H,1H2,2H3/b22-4-. The highest BCUT2D eigenvalue weighted by atomic mass is 14.3. The first-order valence-corrected chi connectivity index (χ1v) is 19.9. The van der Waals surface area contributed by atoms with Gasteiger partial charge in [-0.1, -0.05) is 183 Å². The van der Waals surface area contributed by atoms with Crippen LogP contribution in [0.2, 0.25) is 0 Å². The van der Waals surface area contributed by atoms with Crippen molar-refractivity contribution in [1.82, 2.24) is 0 Å². The Labute approximate surface area is 332 Å². The molecular formula is C57H36. The summed E-state index contributed by atoms with van der Waals surface area (Å²) in [6.07, 6.45) is 6.18. The number of hydrogen-bond acceptors (Lipinski definition) is 0. The number of hydrogen-bond donors (Lipinski definition) is 0. The molecule has 0 aromatic heterocycles. The monoisotopic (exact) mass is 720 g/mol. The minimum Gasteiger partial charge on any atom is -0.0991 e. The number of allylic oxidation sites excluding steroid dienone is 5. The first-order valence-electron chi connectivity index (χ1n) is 19.9. The zero-order valence-electron chi connectivity index (χ0n) is 31.6. The third-order valence-corrected chi connectivity index (χ3v) is 12.7. The SMILES string of the molecule is C=C/C=C\C1=C(C)c2cccc3c(-c4ccc5c(-c6ccccc6)c6c(c(-c7ccccc7)c5c4)-c4cc5ccccc5c5cccc-6c45)c4ccccc4c1c23. The van der Waals surface area contributed by atoms with Crippen LogP contribution in [0.25, 0.3) is 121 Å². The third kappa shape index (κ3) is 4.39. The van der Waals surface area contributed by atoms with E-state index in [0.29, 0.717) is 0 Å². The molecule has 0 aliphatic heterocycles. The molecule has 0 bridgehead atoms. The fourth-order valence-corrected chi connectivity index (χ4v) is 10.4. The largest absolute Gasteiger partial charge is 0.0991 e. The molecule has 0 amide bonds. The van der Waals surface area contributed by atoms with Crippen molar-refractivity contribution < 1.29 is 0 Å². The number of benzene rings is 10. The minimum atomic E-state index is 1.23. The van der Waals surface area contributed by atoms with Gasteiger partial charge >= 0.3 is 0 Å². The molecule has 0 unspecified atom stereocenters. The lowest BCUT2D eigenvalue weighted by molar-refractivity contribution is 1.62. The average molecular weight is 721 g/mol. The van der Waals surface area contributed by atoms with Crippen LogP contribution in [0.15, 0.2) is 195 Å². The molecule has 0 heteroatoms. The Hall–Kier alpha value is -7.28. The summed E-state index contributed by atoms with van der Waals surface area (Å²) < 4.78 is 0. The van der Waals surface area contributed by atoms with Gasteiger partial charge in [-0.05, 0) is 151 Å².